The number of rotatable bonds is 8. The summed E-state index contributed by atoms with van der Waals surface area (Å²) in [4.78, 5) is 78.6. The number of ether oxygens (including phenoxy) is 2. The molecule has 1 heterocycles. The van der Waals surface area contributed by atoms with Gasteiger partial charge in [-0.15, -0.1) is 0 Å². The minimum absolute atomic E-state index is 0.0176. The van der Waals surface area contributed by atoms with Gasteiger partial charge in [-0.3, -0.25) is 24.0 Å². The molecule has 6 rings (SSSR count). The third-order valence-electron chi connectivity index (χ3n) is 15.5. The number of methoxy groups -OCH3 is 1. The van der Waals surface area contributed by atoms with Crippen LogP contribution in [0.2, 0.25) is 0 Å². The highest BCUT2D eigenvalue weighted by Crippen LogP contribution is 2.75. The minimum atomic E-state index is -1.28. The van der Waals surface area contributed by atoms with Crippen LogP contribution < -0.4 is 11.1 Å². The van der Waals surface area contributed by atoms with Crippen molar-refractivity contribution in [2.75, 3.05) is 7.11 Å². The van der Waals surface area contributed by atoms with Crippen molar-refractivity contribution in [3.8, 4) is 0 Å². The molecule has 1 aromatic heterocycles. The van der Waals surface area contributed by atoms with Gasteiger partial charge in [0.05, 0.1) is 24.4 Å². The van der Waals surface area contributed by atoms with Crippen LogP contribution in [0, 0.1) is 57.2 Å². The molecule has 0 unspecified atom stereocenters. The standard InChI is InChI=1S/C40H55NO11/c1-22-26(52-34(48)51-22)21-50-33(47)40(7)27-11-14-39(6)31(37(27,4)13-12-28(40)41-29(43)9-10-30(44)49-8)25(42)19-23-24-20-36(3,32(45)46)16-15-35(24,2)17-18-38(23,39)5/h19,24,27-28,31H,9-18,20-21H2,1-8H3,(H,41,43)(H,45,46)/t24-,27+,28-,31+,35+,36-,37-,38+,39+,40-/m0/s1. The topological polar surface area (TPSA) is 179 Å². The van der Waals surface area contributed by atoms with Crippen LogP contribution in [0.4, 0.5) is 0 Å². The second kappa shape index (κ2) is 12.7. The predicted octanol–water partition coefficient (Wildman–Crippen LogP) is 6.07. The zero-order valence-corrected chi connectivity index (χ0v) is 31.9. The van der Waals surface area contributed by atoms with E-state index in [1.165, 1.54) is 7.11 Å². The zero-order valence-electron chi connectivity index (χ0n) is 31.9. The first-order chi connectivity index (χ1) is 24.2. The highest BCUT2D eigenvalue weighted by Gasteiger charge is 2.72. The summed E-state index contributed by atoms with van der Waals surface area (Å²) in [5.41, 5.74) is -2.59. The van der Waals surface area contributed by atoms with Gasteiger partial charge in [0.1, 0.15) is 0 Å². The van der Waals surface area contributed by atoms with Crippen LogP contribution in [-0.4, -0.2) is 47.9 Å². The van der Waals surface area contributed by atoms with E-state index in [1.54, 1.807) is 13.8 Å². The molecule has 5 aliphatic rings. The van der Waals surface area contributed by atoms with Gasteiger partial charge in [-0.1, -0.05) is 33.3 Å². The third-order valence-corrected chi connectivity index (χ3v) is 15.5. The van der Waals surface area contributed by atoms with E-state index in [-0.39, 0.29) is 59.4 Å². The number of carboxylic acid groups (broad SMARTS) is 1. The number of aliphatic carboxylic acids is 1. The number of hydrogen-bond donors (Lipinski definition) is 2. The van der Waals surface area contributed by atoms with Crippen molar-refractivity contribution in [1.82, 2.24) is 5.32 Å². The molecule has 286 valence electrons. The van der Waals surface area contributed by atoms with Crippen LogP contribution in [0.15, 0.2) is 25.3 Å². The number of nitrogens with one attached hydrogen (secondary N) is 1. The molecular formula is C40H55NO11. The Labute approximate surface area is 304 Å². The van der Waals surface area contributed by atoms with Gasteiger partial charge < -0.3 is 28.7 Å². The molecule has 52 heavy (non-hydrogen) atoms. The van der Waals surface area contributed by atoms with E-state index >= 15 is 0 Å². The molecule has 10 atom stereocenters. The van der Waals surface area contributed by atoms with Crippen molar-refractivity contribution >= 4 is 29.6 Å². The quantitative estimate of drug-likeness (QED) is 0.297. The maximum atomic E-state index is 14.9. The molecular weight excluding hydrogens is 670 g/mol. The van der Waals surface area contributed by atoms with Crippen molar-refractivity contribution in [2.24, 2.45) is 50.2 Å². The fourth-order valence-corrected chi connectivity index (χ4v) is 12.0. The highest BCUT2D eigenvalue weighted by atomic mass is 16.6. The summed E-state index contributed by atoms with van der Waals surface area (Å²) in [5, 5.41) is 13.3. The first-order valence-electron chi connectivity index (χ1n) is 18.8. The van der Waals surface area contributed by atoms with Gasteiger partial charge in [0, 0.05) is 18.4 Å². The number of amides is 1. The van der Waals surface area contributed by atoms with E-state index < -0.39 is 63.3 Å². The minimum Gasteiger partial charge on any atom is -0.481 e. The summed E-state index contributed by atoms with van der Waals surface area (Å²) in [5.74, 6) is -3.67. The number of carbonyl (C=O) groups is 5. The molecule has 1 amide bonds. The van der Waals surface area contributed by atoms with E-state index in [0.717, 1.165) is 24.8 Å². The highest BCUT2D eigenvalue weighted by molar-refractivity contribution is 5.96. The molecule has 12 heteroatoms. The van der Waals surface area contributed by atoms with Gasteiger partial charge >= 0.3 is 23.7 Å². The van der Waals surface area contributed by atoms with E-state index in [2.05, 4.69) is 33.0 Å². The Bertz CT molecular complexity index is 1770. The fourth-order valence-electron chi connectivity index (χ4n) is 12.0. The molecule has 5 aliphatic carbocycles. The molecule has 1 aromatic rings. The number of esters is 2. The van der Waals surface area contributed by atoms with Crippen molar-refractivity contribution in [2.45, 2.75) is 132 Å². The van der Waals surface area contributed by atoms with Gasteiger partial charge in [0.25, 0.3) is 0 Å². The molecule has 0 aliphatic heterocycles. The summed E-state index contributed by atoms with van der Waals surface area (Å²) < 4.78 is 20.7. The van der Waals surface area contributed by atoms with E-state index in [0.29, 0.717) is 38.5 Å². The Hall–Kier alpha value is -3.70. The lowest BCUT2D eigenvalue weighted by molar-refractivity contribution is -0.205. The van der Waals surface area contributed by atoms with Gasteiger partial charge in [0.15, 0.2) is 23.9 Å². The van der Waals surface area contributed by atoms with Crippen LogP contribution in [0.1, 0.15) is 124 Å². The van der Waals surface area contributed by atoms with E-state index in [1.807, 2.05) is 13.0 Å². The van der Waals surface area contributed by atoms with Crippen LogP contribution in [0.3, 0.4) is 0 Å². The first kappa shape index (κ1) is 38.0. The van der Waals surface area contributed by atoms with Crippen LogP contribution in [0.25, 0.3) is 0 Å². The van der Waals surface area contributed by atoms with Gasteiger partial charge in [0.2, 0.25) is 5.91 Å². The average Bonchev–Trinajstić information content (AvgIpc) is 3.41. The zero-order chi connectivity index (χ0) is 38.2. The summed E-state index contributed by atoms with van der Waals surface area (Å²) in [6.45, 7) is 13.8. The maximum absolute atomic E-state index is 14.9. The summed E-state index contributed by atoms with van der Waals surface area (Å²) >= 11 is 0. The summed E-state index contributed by atoms with van der Waals surface area (Å²) in [7, 11) is 1.26. The van der Waals surface area contributed by atoms with Crippen LogP contribution >= 0.6 is 0 Å². The number of aryl methyl sites for hydroxylation is 1. The number of carboxylic acids is 1. The monoisotopic (exact) mass is 725 g/mol. The Morgan fingerprint density at radius 1 is 0.923 bits per heavy atom. The molecule has 12 nitrogen and oxygen atoms in total. The average molecular weight is 726 g/mol. The normalized spacial score (nSPS) is 40.9. The lowest BCUT2D eigenvalue weighted by Crippen LogP contribution is -2.69. The second-order valence-electron chi connectivity index (χ2n) is 18.1. The van der Waals surface area contributed by atoms with Gasteiger partial charge in [-0.2, -0.15) is 0 Å². The number of carbonyl (C=O) groups excluding carboxylic acids is 4. The molecule has 0 bridgehead atoms. The van der Waals surface area contributed by atoms with Crippen molar-refractivity contribution in [3.05, 3.63) is 33.8 Å². The van der Waals surface area contributed by atoms with Crippen molar-refractivity contribution in [1.29, 1.82) is 0 Å². The lowest BCUT2D eigenvalue weighted by atomic mass is 9.33. The Morgan fingerprint density at radius 3 is 2.25 bits per heavy atom. The summed E-state index contributed by atoms with van der Waals surface area (Å²) in [6, 6.07) is -0.656. The number of fused-ring (bicyclic) bond motifs is 7. The van der Waals surface area contributed by atoms with Crippen molar-refractivity contribution < 1.29 is 47.4 Å². The Kier molecular flexibility index (Phi) is 9.30. The largest absolute Gasteiger partial charge is 0.519 e. The smallest absolute Gasteiger partial charge is 0.481 e. The fraction of sp³-hybridized carbons (Fsp3) is 0.750. The van der Waals surface area contributed by atoms with Crippen LogP contribution in [0.5, 0.6) is 0 Å². The molecule has 0 radical (unpaired) electrons. The van der Waals surface area contributed by atoms with Gasteiger partial charge in [-0.25, -0.2) is 4.79 Å². The van der Waals surface area contributed by atoms with E-state index in [9.17, 15) is 33.9 Å². The number of ketones is 1. The summed E-state index contributed by atoms with van der Waals surface area (Å²) in [6.07, 6.45) is 7.63. The molecule has 0 saturated heterocycles. The number of hydrogen-bond acceptors (Lipinski definition) is 10. The maximum Gasteiger partial charge on any atom is 0.519 e. The molecule has 0 spiro atoms. The molecule has 4 fully saturated rings. The number of allylic oxidation sites excluding steroid dienone is 2. The SMILES string of the molecule is COC(=O)CCC(=O)N[C@H]1CC[C@@]2(C)[C@@H](CC[C@]3(C)[C@@H]2C(=O)C=C2[C@@H]4C[C@@](C)(C(=O)O)CC[C@]4(C)CC[C@]23C)[C@]1(C)C(=O)OCc1oc(=O)oc1C. The molecule has 4 saturated carbocycles. The van der Waals surface area contributed by atoms with Crippen molar-refractivity contribution in [3.63, 3.8) is 0 Å². The second-order valence-corrected chi connectivity index (χ2v) is 18.1. The van der Waals surface area contributed by atoms with E-state index in [4.69, 9.17) is 18.3 Å². The first-order valence-corrected chi connectivity index (χ1v) is 18.8. The molecule has 0 aromatic carbocycles. The van der Waals surface area contributed by atoms with Gasteiger partial charge in [-0.05, 0) is 118 Å². The molecule has 2 N–H and O–H groups in total. The van der Waals surface area contributed by atoms with Crippen LogP contribution in [-0.2, 0) is 40.1 Å². The Morgan fingerprint density at radius 2 is 1.62 bits per heavy atom. The predicted molar refractivity (Wildman–Crippen MR) is 186 cm³/mol. The lowest BCUT2D eigenvalue weighted by Gasteiger charge is -2.70. The Balaban J connectivity index is 1.37. The third kappa shape index (κ3) is 5.60.